The summed E-state index contributed by atoms with van der Waals surface area (Å²) in [5.41, 5.74) is -0.476. The van der Waals surface area contributed by atoms with Crippen molar-refractivity contribution in [1.29, 1.82) is 0 Å². The Morgan fingerprint density at radius 2 is 0.636 bits per heavy atom. The number of benzene rings is 1. The molecule has 1 aromatic rings. The van der Waals surface area contributed by atoms with Crippen LogP contribution in [0.2, 0.25) is 0 Å². The number of carboxylic acid groups (broad SMARTS) is 1. The average Bonchev–Trinajstić information content (AvgIpc) is 3.19. The van der Waals surface area contributed by atoms with E-state index in [-0.39, 0.29) is 29.9 Å². The number of carbonyl (C=O) groups excluding carboxylic acids is 2. The van der Waals surface area contributed by atoms with Gasteiger partial charge in [-0.05, 0) is 25.0 Å². The van der Waals surface area contributed by atoms with Crippen LogP contribution in [-0.4, -0.2) is 36.2 Å². The number of hydrogen-bond acceptors (Lipinski definition) is 5. The molecule has 0 heterocycles. The van der Waals surface area contributed by atoms with Gasteiger partial charge < -0.3 is 14.6 Å². The second-order valence-electron chi connectivity index (χ2n) is 16.3. The molecule has 1 rings (SSSR count). The smallest absolute Gasteiger partial charge is 0.339 e. The van der Waals surface area contributed by atoms with E-state index in [4.69, 9.17) is 9.47 Å². The van der Waals surface area contributed by atoms with Gasteiger partial charge in [-0.1, -0.05) is 238 Å². The van der Waals surface area contributed by atoms with Crippen molar-refractivity contribution in [2.24, 2.45) is 0 Å². The fourth-order valence-corrected chi connectivity index (χ4v) is 7.61. The van der Waals surface area contributed by atoms with Crippen LogP contribution in [0, 0.1) is 0 Å². The van der Waals surface area contributed by atoms with Crippen LogP contribution in [0.25, 0.3) is 0 Å². The first kappa shape index (κ1) is 50.6. The van der Waals surface area contributed by atoms with Crippen LogP contribution < -0.4 is 0 Å². The average molecular weight is 771 g/mol. The summed E-state index contributed by atoms with van der Waals surface area (Å²) in [6.07, 6.45) is 46.3. The molecule has 0 radical (unpaired) electrons. The third-order valence-corrected chi connectivity index (χ3v) is 11.2. The Kier molecular flexibility index (Phi) is 35.5. The highest BCUT2D eigenvalue weighted by atomic mass is 16.5. The van der Waals surface area contributed by atoms with E-state index in [1.54, 1.807) is 0 Å². The topological polar surface area (TPSA) is 89.9 Å². The lowest BCUT2D eigenvalue weighted by molar-refractivity contribution is 0.0446. The molecule has 6 nitrogen and oxygen atoms in total. The zero-order valence-corrected chi connectivity index (χ0v) is 36.1. The lowest BCUT2D eigenvalue weighted by Crippen LogP contribution is -2.19. The first-order chi connectivity index (χ1) is 27.0. The summed E-state index contributed by atoms with van der Waals surface area (Å²) >= 11 is 0. The molecule has 0 aromatic heterocycles. The zero-order valence-electron chi connectivity index (χ0n) is 36.1. The number of unbranched alkanes of at least 4 members (excludes halogenated alkanes) is 34. The molecule has 0 aliphatic rings. The van der Waals surface area contributed by atoms with E-state index in [9.17, 15) is 19.5 Å². The highest BCUT2D eigenvalue weighted by molar-refractivity contribution is 6.10. The molecule has 1 N–H and O–H groups in total. The van der Waals surface area contributed by atoms with Crippen molar-refractivity contribution >= 4 is 17.9 Å². The molecule has 1 aromatic carbocycles. The van der Waals surface area contributed by atoms with Gasteiger partial charge in [0.05, 0.1) is 29.9 Å². The summed E-state index contributed by atoms with van der Waals surface area (Å²) in [6, 6.07) is 4.27. The number of ether oxygens (including phenoxy) is 2. The Hall–Kier alpha value is -2.37. The molecule has 0 aliphatic heterocycles. The summed E-state index contributed by atoms with van der Waals surface area (Å²) in [7, 11) is 0. The molecule has 0 fully saturated rings. The van der Waals surface area contributed by atoms with Crippen molar-refractivity contribution in [3.63, 3.8) is 0 Å². The van der Waals surface area contributed by atoms with Gasteiger partial charge in [-0.2, -0.15) is 0 Å². The van der Waals surface area contributed by atoms with Crippen LogP contribution in [-0.2, 0) is 9.47 Å². The number of carbonyl (C=O) groups is 3. The minimum absolute atomic E-state index is 0.0369. The van der Waals surface area contributed by atoms with Crippen LogP contribution in [0.1, 0.15) is 276 Å². The van der Waals surface area contributed by atoms with Crippen LogP contribution in [0.5, 0.6) is 0 Å². The number of hydrogen-bond donors (Lipinski definition) is 1. The molecule has 0 spiro atoms. The van der Waals surface area contributed by atoms with E-state index < -0.39 is 17.9 Å². The Labute approximate surface area is 339 Å². The molecule has 55 heavy (non-hydrogen) atoms. The fraction of sp³-hybridized carbons (Fsp3) is 0.816. The molecule has 0 bridgehead atoms. The van der Waals surface area contributed by atoms with Gasteiger partial charge >= 0.3 is 17.9 Å². The molecule has 0 aliphatic carbocycles. The summed E-state index contributed by atoms with van der Waals surface area (Å²) in [4.78, 5) is 37.9. The maximum Gasteiger partial charge on any atom is 0.339 e. The summed E-state index contributed by atoms with van der Waals surface area (Å²) in [5, 5.41) is 9.74. The van der Waals surface area contributed by atoms with E-state index in [1.165, 1.54) is 211 Å². The van der Waals surface area contributed by atoms with Crippen LogP contribution in [0.4, 0.5) is 0 Å². The van der Waals surface area contributed by atoms with E-state index in [0.29, 0.717) is 0 Å². The van der Waals surface area contributed by atoms with Crippen molar-refractivity contribution in [3.05, 3.63) is 34.9 Å². The van der Waals surface area contributed by atoms with Crippen LogP contribution in [0.3, 0.4) is 0 Å². The lowest BCUT2D eigenvalue weighted by atomic mass is 10.0. The van der Waals surface area contributed by atoms with Crippen LogP contribution in [0.15, 0.2) is 18.2 Å². The first-order valence-corrected chi connectivity index (χ1v) is 23.7. The van der Waals surface area contributed by atoms with Gasteiger partial charge in [0.2, 0.25) is 0 Å². The number of rotatable bonds is 41. The fourth-order valence-electron chi connectivity index (χ4n) is 7.61. The van der Waals surface area contributed by atoms with Gasteiger partial charge in [0.1, 0.15) is 0 Å². The third kappa shape index (κ3) is 29.5. The van der Waals surface area contributed by atoms with Crippen molar-refractivity contribution in [2.75, 3.05) is 13.2 Å². The SMILES string of the molecule is CCCCCCCCCCCCCCCCCCCCOC(=O)c1cccc(C(=O)O)c1C(=O)OCCCCCCCCCCCCCCCCCCCC. The van der Waals surface area contributed by atoms with Crippen molar-refractivity contribution in [1.82, 2.24) is 0 Å². The number of esters is 2. The van der Waals surface area contributed by atoms with E-state index in [1.807, 2.05) is 0 Å². The second kappa shape index (κ2) is 38.5. The molecule has 0 amide bonds. The summed E-state index contributed by atoms with van der Waals surface area (Å²) in [5.74, 6) is -2.71. The van der Waals surface area contributed by atoms with Gasteiger partial charge in [0.15, 0.2) is 0 Å². The van der Waals surface area contributed by atoms with Gasteiger partial charge in [0, 0.05) is 0 Å². The van der Waals surface area contributed by atoms with Gasteiger partial charge in [-0.25, -0.2) is 14.4 Å². The second-order valence-corrected chi connectivity index (χ2v) is 16.3. The molecule has 0 atom stereocenters. The highest BCUT2D eigenvalue weighted by Gasteiger charge is 2.26. The zero-order chi connectivity index (χ0) is 39.9. The van der Waals surface area contributed by atoms with E-state index in [0.717, 1.165) is 38.5 Å². The van der Waals surface area contributed by atoms with Crippen molar-refractivity contribution in [2.45, 2.75) is 245 Å². The van der Waals surface area contributed by atoms with E-state index in [2.05, 4.69) is 13.8 Å². The van der Waals surface area contributed by atoms with Gasteiger partial charge in [-0.15, -0.1) is 0 Å². The molecular weight excluding hydrogens is 685 g/mol. The molecule has 318 valence electrons. The minimum Gasteiger partial charge on any atom is -0.478 e. The molecule has 6 heteroatoms. The monoisotopic (exact) mass is 771 g/mol. The number of aromatic carboxylic acids is 1. The van der Waals surface area contributed by atoms with Gasteiger partial charge in [-0.3, -0.25) is 0 Å². The Bertz CT molecular complexity index is 1050. The summed E-state index contributed by atoms with van der Waals surface area (Å²) < 4.78 is 11.0. The largest absolute Gasteiger partial charge is 0.478 e. The van der Waals surface area contributed by atoms with Crippen molar-refractivity contribution in [3.8, 4) is 0 Å². The lowest BCUT2D eigenvalue weighted by Gasteiger charge is -2.12. The quantitative estimate of drug-likeness (QED) is 0.0527. The Morgan fingerprint density at radius 1 is 0.382 bits per heavy atom. The van der Waals surface area contributed by atoms with Crippen LogP contribution >= 0.6 is 0 Å². The van der Waals surface area contributed by atoms with E-state index >= 15 is 0 Å². The predicted molar refractivity (Wildman–Crippen MR) is 232 cm³/mol. The molecule has 0 unspecified atom stereocenters. The van der Waals surface area contributed by atoms with Crippen molar-refractivity contribution < 1.29 is 29.0 Å². The molecule has 0 saturated carbocycles. The molecular formula is C49H86O6. The first-order valence-electron chi connectivity index (χ1n) is 23.7. The maximum absolute atomic E-state index is 13.0. The highest BCUT2D eigenvalue weighted by Crippen LogP contribution is 2.20. The molecule has 0 saturated heterocycles. The Balaban J connectivity index is 2.12. The van der Waals surface area contributed by atoms with Gasteiger partial charge in [0.25, 0.3) is 0 Å². The third-order valence-electron chi connectivity index (χ3n) is 11.2. The summed E-state index contributed by atoms with van der Waals surface area (Å²) in [6.45, 7) is 5.01. The minimum atomic E-state index is -1.27. The normalized spacial score (nSPS) is 11.2. The standard InChI is InChI=1S/C49H86O6/c1-3-5-7-9-11-13-15-17-19-21-23-25-27-29-31-33-35-37-42-54-48(52)45-41-39-40-44(47(50)51)46(45)49(53)55-43-38-36-34-32-30-28-26-24-22-20-18-16-14-12-10-8-6-4-2/h39-41H,3-38,42-43H2,1-2H3,(H,50,51). The maximum atomic E-state index is 13.0. The Morgan fingerprint density at radius 3 is 0.927 bits per heavy atom. The number of carboxylic acids is 1. The predicted octanol–water partition coefficient (Wildman–Crippen LogP) is 15.8.